The fraction of sp³-hybridized carbons (Fsp3) is 0. The molecule has 0 saturated carbocycles. The Morgan fingerprint density at radius 1 is 1.27 bits per heavy atom. The summed E-state index contributed by atoms with van der Waals surface area (Å²) in [6.07, 6.45) is 3.82. The molecule has 0 unspecified atom stereocenters. The lowest BCUT2D eigenvalue weighted by Gasteiger charge is -1.93. The van der Waals surface area contributed by atoms with Gasteiger partial charge in [-0.05, 0) is 17.7 Å². The Balaban J connectivity index is 2.94. The highest BCUT2D eigenvalue weighted by Crippen LogP contribution is 2.15. The summed E-state index contributed by atoms with van der Waals surface area (Å²) in [5, 5.41) is 0.658. The van der Waals surface area contributed by atoms with Gasteiger partial charge in [0.15, 0.2) is 0 Å². The first kappa shape index (κ1) is 8.02. The van der Waals surface area contributed by atoms with Gasteiger partial charge in [-0.15, -0.1) is 0 Å². The van der Waals surface area contributed by atoms with Crippen LogP contribution < -0.4 is 0 Å². The summed E-state index contributed by atoms with van der Waals surface area (Å²) in [7, 11) is 0. The van der Waals surface area contributed by atoms with Gasteiger partial charge in [-0.1, -0.05) is 35.9 Å². The average Bonchev–Trinajstić information content (AvgIpc) is 2.03. The van der Waals surface area contributed by atoms with Crippen molar-refractivity contribution in [1.82, 2.24) is 0 Å². The zero-order chi connectivity index (χ0) is 8.10. The van der Waals surface area contributed by atoms with Gasteiger partial charge in [0.2, 0.25) is 0 Å². The van der Waals surface area contributed by atoms with Gasteiger partial charge in [0.1, 0.15) is 6.29 Å². The van der Waals surface area contributed by atoms with E-state index in [0.717, 1.165) is 11.8 Å². The number of carbonyl (C=O) groups is 1. The monoisotopic (exact) mass is 166 g/mol. The van der Waals surface area contributed by atoms with Crippen LogP contribution in [-0.4, -0.2) is 6.29 Å². The minimum absolute atomic E-state index is 0.658. The molecule has 0 aromatic heterocycles. The van der Waals surface area contributed by atoms with Gasteiger partial charge < -0.3 is 0 Å². The van der Waals surface area contributed by atoms with Crippen molar-refractivity contribution in [3.05, 3.63) is 40.9 Å². The molecule has 0 spiro atoms. The molecule has 1 nitrogen and oxygen atoms in total. The van der Waals surface area contributed by atoms with Gasteiger partial charge in [-0.25, -0.2) is 0 Å². The number of carbonyl (C=O) groups excluding carboxylic acids is 1. The first-order valence-corrected chi connectivity index (χ1v) is 3.59. The number of hydrogen-bond donors (Lipinski definition) is 0. The van der Waals surface area contributed by atoms with E-state index in [1.165, 1.54) is 6.08 Å². The van der Waals surface area contributed by atoms with Gasteiger partial charge in [0, 0.05) is 5.02 Å². The van der Waals surface area contributed by atoms with Crippen LogP contribution in [0, 0.1) is 0 Å². The summed E-state index contributed by atoms with van der Waals surface area (Å²) in [4.78, 5) is 9.96. The summed E-state index contributed by atoms with van der Waals surface area (Å²) in [6.45, 7) is 0. The lowest BCUT2D eigenvalue weighted by Crippen LogP contribution is -1.72. The van der Waals surface area contributed by atoms with Gasteiger partial charge >= 0.3 is 0 Å². The number of aldehydes is 1. The van der Waals surface area contributed by atoms with Gasteiger partial charge in [-0.3, -0.25) is 4.79 Å². The molecule has 0 saturated heterocycles. The van der Waals surface area contributed by atoms with Crippen LogP contribution >= 0.6 is 11.6 Å². The highest BCUT2D eigenvalue weighted by Gasteiger charge is 1.91. The molecule has 0 aliphatic rings. The molecular formula is C9H7ClO. The Morgan fingerprint density at radius 3 is 2.64 bits per heavy atom. The molecule has 2 heteroatoms. The molecule has 0 fully saturated rings. The molecule has 0 radical (unpaired) electrons. The zero-order valence-electron chi connectivity index (χ0n) is 5.83. The van der Waals surface area contributed by atoms with Crippen LogP contribution in [0.3, 0.4) is 0 Å². The van der Waals surface area contributed by atoms with E-state index in [4.69, 9.17) is 11.6 Å². The Labute approximate surface area is 70.3 Å². The molecule has 0 bridgehead atoms. The topological polar surface area (TPSA) is 17.1 Å². The van der Waals surface area contributed by atoms with Crippen molar-refractivity contribution in [2.24, 2.45) is 0 Å². The van der Waals surface area contributed by atoms with Crippen LogP contribution in [0.25, 0.3) is 6.08 Å². The van der Waals surface area contributed by atoms with Crippen molar-refractivity contribution in [2.75, 3.05) is 0 Å². The highest BCUT2D eigenvalue weighted by atomic mass is 35.5. The molecule has 1 aromatic carbocycles. The van der Waals surface area contributed by atoms with E-state index in [2.05, 4.69) is 0 Å². The normalized spacial score (nSPS) is 10.3. The van der Waals surface area contributed by atoms with E-state index in [1.807, 2.05) is 18.2 Å². The number of allylic oxidation sites excluding steroid dienone is 1. The molecule has 0 aliphatic carbocycles. The molecule has 11 heavy (non-hydrogen) atoms. The van der Waals surface area contributed by atoms with Crippen LogP contribution in [0.4, 0.5) is 0 Å². The number of halogens is 1. The molecule has 1 rings (SSSR count). The molecule has 56 valence electrons. The van der Waals surface area contributed by atoms with E-state index < -0.39 is 0 Å². The van der Waals surface area contributed by atoms with Gasteiger partial charge in [0.05, 0.1) is 0 Å². The van der Waals surface area contributed by atoms with Crippen molar-refractivity contribution in [3.63, 3.8) is 0 Å². The van der Waals surface area contributed by atoms with Crippen LogP contribution in [0.15, 0.2) is 30.3 Å². The molecular weight excluding hydrogens is 160 g/mol. The van der Waals surface area contributed by atoms with Crippen molar-refractivity contribution in [3.8, 4) is 0 Å². The summed E-state index contributed by atoms with van der Waals surface area (Å²) in [5.41, 5.74) is 0.862. The van der Waals surface area contributed by atoms with Crippen molar-refractivity contribution in [2.45, 2.75) is 0 Å². The van der Waals surface area contributed by atoms with Crippen molar-refractivity contribution < 1.29 is 4.79 Å². The predicted octanol–water partition coefficient (Wildman–Crippen LogP) is 2.55. The maximum absolute atomic E-state index is 9.96. The van der Waals surface area contributed by atoms with Crippen LogP contribution in [-0.2, 0) is 4.79 Å². The average molecular weight is 167 g/mol. The third-order valence-electron chi connectivity index (χ3n) is 1.26. The molecule has 0 heterocycles. The lowest BCUT2D eigenvalue weighted by molar-refractivity contribution is -0.104. The molecule has 0 amide bonds. The molecule has 0 N–H and O–H groups in total. The minimum Gasteiger partial charge on any atom is -0.299 e. The Morgan fingerprint density at radius 2 is 2.00 bits per heavy atom. The maximum atomic E-state index is 9.96. The molecule has 1 aromatic rings. The van der Waals surface area contributed by atoms with E-state index in [9.17, 15) is 4.79 Å². The van der Waals surface area contributed by atoms with Gasteiger partial charge in [-0.2, -0.15) is 0 Å². The number of rotatable bonds is 2. The second-order valence-corrected chi connectivity index (χ2v) is 2.42. The first-order valence-electron chi connectivity index (χ1n) is 3.21. The van der Waals surface area contributed by atoms with Crippen molar-refractivity contribution in [1.29, 1.82) is 0 Å². The lowest BCUT2D eigenvalue weighted by atomic mass is 10.2. The summed E-state index contributed by atoms with van der Waals surface area (Å²) in [5.74, 6) is 0. The SMILES string of the molecule is O=C/C=C\c1ccccc1Cl. The number of benzene rings is 1. The summed E-state index contributed by atoms with van der Waals surface area (Å²) < 4.78 is 0. The third kappa shape index (κ3) is 2.20. The Hall–Kier alpha value is -1.08. The van der Waals surface area contributed by atoms with E-state index in [0.29, 0.717) is 5.02 Å². The molecule has 0 atom stereocenters. The third-order valence-corrected chi connectivity index (χ3v) is 1.60. The minimum atomic E-state index is 0.658. The van der Waals surface area contributed by atoms with Crippen LogP contribution in [0.1, 0.15) is 5.56 Å². The van der Waals surface area contributed by atoms with E-state index in [-0.39, 0.29) is 0 Å². The highest BCUT2D eigenvalue weighted by molar-refractivity contribution is 6.32. The van der Waals surface area contributed by atoms with E-state index >= 15 is 0 Å². The zero-order valence-corrected chi connectivity index (χ0v) is 6.58. The standard InChI is InChI=1S/C9H7ClO/c10-9-6-2-1-4-8(9)5-3-7-11/h1-7H/b5-3-. The fourth-order valence-electron chi connectivity index (χ4n) is 0.753. The largest absolute Gasteiger partial charge is 0.299 e. The summed E-state index contributed by atoms with van der Waals surface area (Å²) in [6, 6.07) is 7.35. The van der Waals surface area contributed by atoms with Crippen molar-refractivity contribution >= 4 is 24.0 Å². The molecule has 0 aliphatic heterocycles. The number of hydrogen-bond acceptors (Lipinski definition) is 1. The smallest absolute Gasteiger partial charge is 0.142 e. The predicted molar refractivity (Wildman–Crippen MR) is 46.6 cm³/mol. The maximum Gasteiger partial charge on any atom is 0.142 e. The quantitative estimate of drug-likeness (QED) is 0.488. The Bertz CT molecular complexity index is 279. The Kier molecular flexibility index (Phi) is 2.87. The van der Waals surface area contributed by atoms with Gasteiger partial charge in [0.25, 0.3) is 0 Å². The second-order valence-electron chi connectivity index (χ2n) is 2.02. The van der Waals surface area contributed by atoms with Crippen LogP contribution in [0.2, 0.25) is 5.02 Å². The van der Waals surface area contributed by atoms with Crippen LogP contribution in [0.5, 0.6) is 0 Å². The fourth-order valence-corrected chi connectivity index (χ4v) is 0.952. The summed E-state index contributed by atoms with van der Waals surface area (Å²) >= 11 is 5.79. The van der Waals surface area contributed by atoms with E-state index in [1.54, 1.807) is 12.1 Å². The second kappa shape index (κ2) is 3.94. The first-order chi connectivity index (χ1) is 5.34.